The van der Waals surface area contributed by atoms with E-state index in [0.29, 0.717) is 25.3 Å². The fourth-order valence-electron chi connectivity index (χ4n) is 3.27. The van der Waals surface area contributed by atoms with Crippen LogP contribution in [-0.2, 0) is 11.2 Å². The van der Waals surface area contributed by atoms with E-state index in [-0.39, 0.29) is 11.5 Å². The molecule has 0 aromatic heterocycles. The molecule has 0 bridgehead atoms. The van der Waals surface area contributed by atoms with Crippen LogP contribution in [0.2, 0.25) is 0 Å². The number of piperidine rings is 1. The summed E-state index contributed by atoms with van der Waals surface area (Å²) in [6.45, 7) is 1.41. The minimum Gasteiger partial charge on any atom is -0.341 e. The third-order valence-corrected chi connectivity index (χ3v) is 4.89. The molecule has 3 nitrogen and oxygen atoms in total. The number of nitrogens with zero attached hydrogens (tertiary/aromatic N) is 1. The fraction of sp³-hybridized carbons (Fsp3) is 0.588. The molecule has 1 aromatic rings. The summed E-state index contributed by atoms with van der Waals surface area (Å²) in [5, 5.41) is 0. The van der Waals surface area contributed by atoms with Gasteiger partial charge in [-0.3, -0.25) is 4.79 Å². The first kappa shape index (κ1) is 15.4. The highest BCUT2D eigenvalue weighted by Crippen LogP contribution is 2.35. The molecule has 1 aliphatic carbocycles. The van der Waals surface area contributed by atoms with Crippen molar-refractivity contribution in [3.8, 4) is 0 Å². The molecule has 22 heavy (non-hydrogen) atoms. The Morgan fingerprint density at radius 1 is 1.32 bits per heavy atom. The third-order valence-electron chi connectivity index (χ3n) is 4.89. The topological polar surface area (TPSA) is 46.3 Å². The molecule has 1 atom stereocenters. The molecule has 0 spiro atoms. The van der Waals surface area contributed by atoms with Crippen LogP contribution in [0.4, 0.5) is 8.78 Å². The quantitative estimate of drug-likeness (QED) is 0.929. The first-order chi connectivity index (χ1) is 10.5. The summed E-state index contributed by atoms with van der Waals surface area (Å²) in [7, 11) is 0. The monoisotopic (exact) mass is 308 g/mol. The van der Waals surface area contributed by atoms with Crippen molar-refractivity contribution in [2.75, 3.05) is 13.1 Å². The van der Waals surface area contributed by atoms with Gasteiger partial charge >= 0.3 is 0 Å². The van der Waals surface area contributed by atoms with Gasteiger partial charge in [-0.05, 0) is 56.6 Å². The summed E-state index contributed by atoms with van der Waals surface area (Å²) in [5.41, 5.74) is 5.51. The highest BCUT2D eigenvalue weighted by molar-refractivity contribution is 5.89. The number of rotatable bonds is 4. The number of nitrogens with two attached hydrogens (primary N) is 1. The van der Waals surface area contributed by atoms with Gasteiger partial charge in [0.2, 0.25) is 5.91 Å². The molecule has 1 aromatic carbocycles. The van der Waals surface area contributed by atoms with E-state index in [4.69, 9.17) is 5.73 Å². The molecule has 1 amide bonds. The van der Waals surface area contributed by atoms with Gasteiger partial charge in [0.15, 0.2) is 0 Å². The number of likely N-dealkylation sites (tertiary alicyclic amines) is 1. The number of hydrogen-bond donors (Lipinski definition) is 1. The highest BCUT2D eigenvalue weighted by atomic mass is 19.1. The van der Waals surface area contributed by atoms with Crippen LogP contribution in [-0.4, -0.2) is 29.4 Å². The maximum Gasteiger partial charge on any atom is 0.242 e. The Hall–Kier alpha value is -1.49. The minimum atomic E-state index is -0.625. The zero-order valence-electron chi connectivity index (χ0n) is 12.7. The van der Waals surface area contributed by atoms with Crippen molar-refractivity contribution < 1.29 is 13.6 Å². The van der Waals surface area contributed by atoms with Crippen LogP contribution in [0.3, 0.4) is 0 Å². The molecule has 1 aliphatic heterocycles. The average Bonchev–Trinajstić information content (AvgIpc) is 3.25. The van der Waals surface area contributed by atoms with Gasteiger partial charge in [-0.1, -0.05) is 6.07 Å². The molecule has 120 valence electrons. The molecular formula is C17H22F2N2O. The van der Waals surface area contributed by atoms with Crippen LogP contribution in [0, 0.1) is 17.6 Å². The number of carbonyl (C=O) groups is 1. The lowest BCUT2D eigenvalue weighted by atomic mass is 9.91. The summed E-state index contributed by atoms with van der Waals surface area (Å²) in [6, 6.07) is 3.96. The van der Waals surface area contributed by atoms with Gasteiger partial charge in [-0.2, -0.15) is 0 Å². The summed E-state index contributed by atoms with van der Waals surface area (Å²) in [4.78, 5) is 14.1. The lowest BCUT2D eigenvalue weighted by Crippen LogP contribution is -2.49. The number of benzene rings is 1. The Bertz CT molecular complexity index is 552. The molecule has 1 saturated heterocycles. The van der Waals surface area contributed by atoms with E-state index in [1.54, 1.807) is 0 Å². The van der Waals surface area contributed by atoms with E-state index in [9.17, 15) is 13.6 Å². The summed E-state index contributed by atoms with van der Waals surface area (Å²) < 4.78 is 27.3. The van der Waals surface area contributed by atoms with Crippen LogP contribution in [0.1, 0.15) is 37.7 Å². The minimum absolute atomic E-state index is 0.0503. The molecule has 2 aliphatic rings. The second kappa shape index (κ2) is 5.95. The van der Waals surface area contributed by atoms with Crippen molar-refractivity contribution in [2.45, 2.75) is 44.1 Å². The molecular weight excluding hydrogens is 286 g/mol. The van der Waals surface area contributed by atoms with Gasteiger partial charge in [0.25, 0.3) is 0 Å². The van der Waals surface area contributed by atoms with E-state index < -0.39 is 17.2 Å². The first-order valence-corrected chi connectivity index (χ1v) is 8.01. The van der Waals surface area contributed by atoms with Gasteiger partial charge in [0.05, 0.1) is 5.54 Å². The number of amides is 1. The molecule has 1 saturated carbocycles. The van der Waals surface area contributed by atoms with Crippen LogP contribution >= 0.6 is 0 Å². The van der Waals surface area contributed by atoms with Gasteiger partial charge < -0.3 is 10.6 Å². The Morgan fingerprint density at radius 2 is 2.00 bits per heavy atom. The van der Waals surface area contributed by atoms with Crippen molar-refractivity contribution in [1.82, 2.24) is 4.90 Å². The Kier molecular flexibility index (Phi) is 4.17. The lowest BCUT2D eigenvalue weighted by Gasteiger charge is -2.34. The maximum atomic E-state index is 13.7. The second-order valence-electron chi connectivity index (χ2n) is 6.65. The number of halogens is 2. The predicted octanol–water partition coefficient (Wildman–Crippen LogP) is 2.63. The fourth-order valence-corrected chi connectivity index (χ4v) is 3.27. The second-order valence-corrected chi connectivity index (χ2v) is 6.65. The van der Waals surface area contributed by atoms with Crippen molar-refractivity contribution in [1.29, 1.82) is 0 Å². The highest BCUT2D eigenvalue weighted by Gasteiger charge is 2.48. The summed E-state index contributed by atoms with van der Waals surface area (Å²) in [6.07, 6.45) is 4.54. The van der Waals surface area contributed by atoms with Crippen molar-refractivity contribution in [2.24, 2.45) is 11.7 Å². The molecule has 3 rings (SSSR count). The third kappa shape index (κ3) is 3.14. The van der Waals surface area contributed by atoms with Crippen LogP contribution < -0.4 is 5.73 Å². The van der Waals surface area contributed by atoms with Gasteiger partial charge in [0, 0.05) is 18.7 Å². The van der Waals surface area contributed by atoms with Crippen molar-refractivity contribution in [3.05, 3.63) is 35.4 Å². The lowest BCUT2D eigenvalue weighted by molar-refractivity contribution is -0.135. The van der Waals surface area contributed by atoms with Crippen LogP contribution in [0.25, 0.3) is 0 Å². The Balaban J connectivity index is 1.58. The van der Waals surface area contributed by atoms with Gasteiger partial charge in [0.1, 0.15) is 11.6 Å². The van der Waals surface area contributed by atoms with Gasteiger partial charge in [-0.25, -0.2) is 8.78 Å². The maximum absolute atomic E-state index is 13.7. The number of hydrogen-bond acceptors (Lipinski definition) is 2. The SMILES string of the molecule is NC1(C(=O)N2CCC[C@H](CCc3c(F)cccc3F)C2)CC1. The average molecular weight is 308 g/mol. The zero-order valence-corrected chi connectivity index (χ0v) is 12.7. The molecule has 1 heterocycles. The van der Waals surface area contributed by atoms with Crippen molar-refractivity contribution >= 4 is 5.91 Å². The van der Waals surface area contributed by atoms with Gasteiger partial charge in [-0.15, -0.1) is 0 Å². The summed E-state index contributed by atoms with van der Waals surface area (Å²) in [5.74, 6) is -0.626. The Labute approximate surface area is 129 Å². The van der Waals surface area contributed by atoms with E-state index in [1.807, 2.05) is 4.90 Å². The first-order valence-electron chi connectivity index (χ1n) is 8.01. The summed E-state index contributed by atoms with van der Waals surface area (Å²) >= 11 is 0. The van der Waals surface area contributed by atoms with E-state index in [0.717, 1.165) is 32.2 Å². The molecule has 2 fully saturated rings. The molecule has 5 heteroatoms. The standard InChI is InChI=1S/C17H22F2N2O/c18-14-4-1-5-15(19)13(14)7-6-12-3-2-10-21(11-12)16(22)17(20)8-9-17/h1,4-5,12H,2-3,6-11,20H2/t12-/m1/s1. The van der Waals surface area contributed by atoms with Crippen molar-refractivity contribution in [3.63, 3.8) is 0 Å². The molecule has 0 unspecified atom stereocenters. The normalized spacial score (nSPS) is 23.4. The molecule has 2 N–H and O–H groups in total. The molecule has 0 radical (unpaired) electrons. The van der Waals surface area contributed by atoms with E-state index in [2.05, 4.69) is 0 Å². The van der Waals surface area contributed by atoms with E-state index >= 15 is 0 Å². The number of carbonyl (C=O) groups excluding carboxylic acids is 1. The van der Waals surface area contributed by atoms with E-state index in [1.165, 1.54) is 18.2 Å². The zero-order chi connectivity index (χ0) is 15.7. The largest absolute Gasteiger partial charge is 0.341 e. The Morgan fingerprint density at radius 3 is 2.64 bits per heavy atom. The van der Waals surface area contributed by atoms with Crippen LogP contribution in [0.15, 0.2) is 18.2 Å². The van der Waals surface area contributed by atoms with Crippen LogP contribution in [0.5, 0.6) is 0 Å². The smallest absolute Gasteiger partial charge is 0.242 e. The predicted molar refractivity (Wildman–Crippen MR) is 80.1 cm³/mol.